The lowest BCUT2D eigenvalue weighted by molar-refractivity contribution is -0.137. The van der Waals surface area contributed by atoms with Crippen molar-refractivity contribution in [1.29, 1.82) is 0 Å². The van der Waals surface area contributed by atoms with Gasteiger partial charge in [0.25, 0.3) is 5.16 Å². The summed E-state index contributed by atoms with van der Waals surface area (Å²) in [5.74, 6) is 0. The van der Waals surface area contributed by atoms with Crippen LogP contribution in [0.25, 0.3) is 11.3 Å². The van der Waals surface area contributed by atoms with E-state index >= 15 is 0 Å². The molecule has 0 N–H and O–H groups in total. The first-order valence-corrected chi connectivity index (χ1v) is 7.14. The van der Waals surface area contributed by atoms with Crippen molar-refractivity contribution < 1.29 is 21.6 Å². The fraction of sp³-hybridized carbons (Fsp3) is 0.182. The SMILES string of the molecule is CS(=O)(=O)c1nncc(-c2ccc(C(F)(F)F)cc2)n1. The van der Waals surface area contributed by atoms with Crippen molar-refractivity contribution in [3.8, 4) is 11.3 Å². The van der Waals surface area contributed by atoms with Gasteiger partial charge in [0.15, 0.2) is 0 Å². The Labute approximate surface area is 112 Å². The van der Waals surface area contributed by atoms with Gasteiger partial charge in [0, 0.05) is 11.8 Å². The maximum absolute atomic E-state index is 12.4. The van der Waals surface area contributed by atoms with Crippen LogP contribution in [0.1, 0.15) is 5.56 Å². The Morgan fingerprint density at radius 2 is 1.70 bits per heavy atom. The highest BCUT2D eigenvalue weighted by atomic mass is 32.2. The molecule has 0 spiro atoms. The molecule has 0 aliphatic heterocycles. The molecule has 0 bridgehead atoms. The average Bonchev–Trinajstić information content (AvgIpc) is 2.37. The molecule has 9 heteroatoms. The van der Waals surface area contributed by atoms with Gasteiger partial charge in [-0.1, -0.05) is 12.1 Å². The number of alkyl halides is 3. The van der Waals surface area contributed by atoms with Gasteiger partial charge in [-0.3, -0.25) is 0 Å². The van der Waals surface area contributed by atoms with E-state index in [1.54, 1.807) is 0 Å². The summed E-state index contributed by atoms with van der Waals surface area (Å²) in [6, 6.07) is 4.16. The molecule has 0 atom stereocenters. The van der Waals surface area contributed by atoms with E-state index in [0.29, 0.717) is 5.56 Å². The van der Waals surface area contributed by atoms with Crippen LogP contribution in [0.5, 0.6) is 0 Å². The minimum atomic E-state index is -4.43. The zero-order valence-electron chi connectivity index (χ0n) is 10.1. The van der Waals surface area contributed by atoms with Crippen molar-refractivity contribution in [1.82, 2.24) is 15.2 Å². The minimum Gasteiger partial charge on any atom is -0.221 e. The Balaban J connectivity index is 2.43. The Morgan fingerprint density at radius 1 is 1.10 bits per heavy atom. The van der Waals surface area contributed by atoms with Gasteiger partial charge < -0.3 is 0 Å². The van der Waals surface area contributed by atoms with E-state index in [4.69, 9.17) is 0 Å². The third-order valence-electron chi connectivity index (χ3n) is 2.38. The lowest BCUT2D eigenvalue weighted by Gasteiger charge is -2.07. The van der Waals surface area contributed by atoms with Crippen LogP contribution in [0.3, 0.4) is 0 Å². The highest BCUT2D eigenvalue weighted by Gasteiger charge is 2.30. The van der Waals surface area contributed by atoms with E-state index in [-0.39, 0.29) is 5.69 Å². The third kappa shape index (κ3) is 3.10. The highest BCUT2D eigenvalue weighted by molar-refractivity contribution is 7.90. The maximum atomic E-state index is 12.4. The largest absolute Gasteiger partial charge is 0.416 e. The first-order chi connectivity index (χ1) is 9.18. The van der Waals surface area contributed by atoms with Crippen molar-refractivity contribution in [3.05, 3.63) is 36.0 Å². The summed E-state index contributed by atoms with van der Waals surface area (Å²) in [6.45, 7) is 0. The first-order valence-electron chi connectivity index (χ1n) is 5.25. The molecule has 5 nitrogen and oxygen atoms in total. The van der Waals surface area contributed by atoms with Crippen LogP contribution in [0.15, 0.2) is 35.6 Å². The average molecular weight is 303 g/mol. The molecule has 0 aliphatic carbocycles. The zero-order chi connectivity index (χ0) is 15.0. The predicted octanol–water partition coefficient (Wildman–Crippen LogP) is 1.96. The molecule has 20 heavy (non-hydrogen) atoms. The number of sulfone groups is 1. The standard InChI is InChI=1S/C11H8F3N3O2S/c1-20(18,19)10-16-9(6-15-17-10)7-2-4-8(5-3-7)11(12,13)14/h2-6H,1H3. The Hall–Kier alpha value is -2.03. The van der Waals surface area contributed by atoms with Gasteiger partial charge in [-0.2, -0.15) is 18.3 Å². The summed E-state index contributed by atoms with van der Waals surface area (Å²) in [4.78, 5) is 3.76. The summed E-state index contributed by atoms with van der Waals surface area (Å²) < 4.78 is 59.9. The molecule has 0 aliphatic rings. The summed E-state index contributed by atoms with van der Waals surface area (Å²) in [5, 5.41) is 6.37. The number of rotatable bonds is 2. The van der Waals surface area contributed by atoms with E-state index < -0.39 is 26.7 Å². The molecule has 0 fully saturated rings. The van der Waals surface area contributed by atoms with Gasteiger partial charge in [-0.25, -0.2) is 13.4 Å². The number of hydrogen-bond donors (Lipinski definition) is 0. The van der Waals surface area contributed by atoms with Crippen molar-refractivity contribution in [2.24, 2.45) is 0 Å². The molecule has 0 saturated carbocycles. The highest BCUT2D eigenvalue weighted by Crippen LogP contribution is 2.30. The van der Waals surface area contributed by atoms with Crippen molar-refractivity contribution >= 4 is 9.84 Å². The summed E-state index contributed by atoms with van der Waals surface area (Å²) in [7, 11) is -3.63. The first kappa shape index (κ1) is 14.4. The molecule has 1 aromatic heterocycles. The minimum absolute atomic E-state index is 0.133. The van der Waals surface area contributed by atoms with Gasteiger partial charge in [0.2, 0.25) is 9.84 Å². The Bertz CT molecular complexity index is 727. The van der Waals surface area contributed by atoms with Crippen LogP contribution in [-0.2, 0) is 16.0 Å². The van der Waals surface area contributed by atoms with Crippen LogP contribution < -0.4 is 0 Å². The lowest BCUT2D eigenvalue weighted by atomic mass is 10.1. The van der Waals surface area contributed by atoms with Crippen LogP contribution in [-0.4, -0.2) is 29.9 Å². The number of aromatic nitrogens is 3. The van der Waals surface area contributed by atoms with Crippen molar-refractivity contribution in [2.75, 3.05) is 6.26 Å². The number of halogens is 3. The molecule has 1 aromatic carbocycles. The van der Waals surface area contributed by atoms with Crippen LogP contribution in [0.2, 0.25) is 0 Å². The topological polar surface area (TPSA) is 72.8 Å². The molecule has 1 heterocycles. The van der Waals surface area contributed by atoms with Gasteiger partial charge in [0.05, 0.1) is 17.5 Å². The van der Waals surface area contributed by atoms with E-state index in [1.165, 1.54) is 18.3 Å². The number of benzene rings is 1. The third-order valence-corrected chi connectivity index (χ3v) is 3.22. The Kier molecular flexibility index (Phi) is 3.46. The normalized spacial score (nSPS) is 12.4. The molecule has 0 unspecified atom stereocenters. The molecule has 2 aromatic rings. The van der Waals surface area contributed by atoms with E-state index in [0.717, 1.165) is 18.4 Å². The van der Waals surface area contributed by atoms with Crippen molar-refractivity contribution in [3.63, 3.8) is 0 Å². The van der Waals surface area contributed by atoms with E-state index in [9.17, 15) is 21.6 Å². The molecular weight excluding hydrogens is 295 g/mol. The smallest absolute Gasteiger partial charge is 0.221 e. The molecule has 106 valence electrons. The maximum Gasteiger partial charge on any atom is 0.416 e. The van der Waals surface area contributed by atoms with Gasteiger partial charge in [0.1, 0.15) is 0 Å². The van der Waals surface area contributed by atoms with Crippen LogP contribution in [0, 0.1) is 0 Å². The van der Waals surface area contributed by atoms with Crippen LogP contribution in [0.4, 0.5) is 13.2 Å². The summed E-state index contributed by atoms with van der Waals surface area (Å²) in [6.07, 6.45) is -2.34. The number of nitrogens with zero attached hydrogens (tertiary/aromatic N) is 3. The Morgan fingerprint density at radius 3 is 2.20 bits per heavy atom. The van der Waals surface area contributed by atoms with Crippen molar-refractivity contribution in [2.45, 2.75) is 11.3 Å². The molecule has 2 rings (SSSR count). The second kappa shape index (κ2) is 4.82. The summed E-state index contributed by atoms with van der Waals surface area (Å²) in [5.41, 5.74) is -0.349. The predicted molar refractivity (Wildman–Crippen MR) is 63.4 cm³/mol. The lowest BCUT2D eigenvalue weighted by Crippen LogP contribution is -2.06. The van der Waals surface area contributed by atoms with Gasteiger partial charge in [-0.15, -0.1) is 5.10 Å². The fourth-order valence-corrected chi connectivity index (χ4v) is 1.87. The molecule has 0 saturated heterocycles. The molecule has 0 radical (unpaired) electrons. The number of hydrogen-bond acceptors (Lipinski definition) is 5. The van der Waals surface area contributed by atoms with Gasteiger partial charge in [-0.05, 0) is 12.1 Å². The van der Waals surface area contributed by atoms with E-state index in [2.05, 4.69) is 15.2 Å². The quantitative estimate of drug-likeness (QED) is 0.848. The summed E-state index contributed by atoms with van der Waals surface area (Å²) >= 11 is 0. The fourth-order valence-electron chi connectivity index (χ4n) is 1.41. The molecular formula is C11H8F3N3O2S. The van der Waals surface area contributed by atoms with Gasteiger partial charge >= 0.3 is 6.18 Å². The second-order valence-electron chi connectivity index (χ2n) is 3.97. The molecule has 0 amide bonds. The monoisotopic (exact) mass is 303 g/mol. The van der Waals surface area contributed by atoms with E-state index in [1.807, 2.05) is 0 Å². The second-order valence-corrected chi connectivity index (χ2v) is 5.88. The zero-order valence-corrected chi connectivity index (χ0v) is 10.9. The van der Waals surface area contributed by atoms with Crippen LogP contribution >= 0.6 is 0 Å².